The summed E-state index contributed by atoms with van der Waals surface area (Å²) in [6, 6.07) is 25.7. The molecule has 53 heavy (non-hydrogen) atoms. The van der Waals surface area contributed by atoms with Gasteiger partial charge in [0.15, 0.2) is 15.1 Å². The monoisotopic (exact) mass is 755 g/mol. The number of fused-ring (bicyclic) bond motifs is 1. The van der Waals surface area contributed by atoms with Crippen molar-refractivity contribution in [3.63, 3.8) is 0 Å². The quantitative estimate of drug-likeness (QED) is 0.155. The minimum Gasteiger partial charge on any atom is -0.497 e. The van der Waals surface area contributed by atoms with Crippen molar-refractivity contribution in [2.75, 3.05) is 19.5 Å². The van der Waals surface area contributed by atoms with E-state index in [4.69, 9.17) is 13.9 Å². The molecule has 10 nitrogen and oxygen atoms in total. The van der Waals surface area contributed by atoms with Crippen molar-refractivity contribution >= 4 is 40.8 Å². The average molecular weight is 756 g/mol. The van der Waals surface area contributed by atoms with Gasteiger partial charge < -0.3 is 19.2 Å². The topological polar surface area (TPSA) is 121 Å². The number of hydrogen-bond donors (Lipinski definition) is 1. The summed E-state index contributed by atoms with van der Waals surface area (Å²) >= 11 is 1.91. The zero-order valence-electron chi connectivity index (χ0n) is 28.2. The van der Waals surface area contributed by atoms with E-state index in [1.807, 2.05) is 6.07 Å². The highest BCUT2D eigenvalue weighted by Gasteiger charge is 2.35. The number of benzene rings is 3. The van der Waals surface area contributed by atoms with Crippen molar-refractivity contribution in [2.24, 2.45) is 4.99 Å². The lowest BCUT2D eigenvalue weighted by Gasteiger charge is -2.26. The molecule has 4 heterocycles. The molecule has 1 atom stereocenters. The number of ether oxygens (including phenoxy) is 2. The first kappa shape index (κ1) is 35.5. The van der Waals surface area contributed by atoms with E-state index < -0.39 is 29.4 Å². The van der Waals surface area contributed by atoms with Crippen LogP contribution >= 0.6 is 23.1 Å². The number of thiazole rings is 1. The molecule has 1 amide bonds. The maximum atomic E-state index is 14.2. The summed E-state index contributed by atoms with van der Waals surface area (Å²) < 4.78 is 60.1. The van der Waals surface area contributed by atoms with Crippen molar-refractivity contribution in [1.29, 1.82) is 0 Å². The number of aromatic nitrogens is 3. The molecule has 7 rings (SSSR count). The number of methoxy groups -OCH3 is 2. The molecule has 0 saturated heterocycles. The Morgan fingerprint density at radius 2 is 1.70 bits per heavy atom. The Morgan fingerprint density at radius 3 is 2.40 bits per heavy atom. The number of rotatable bonds is 9. The molecule has 1 aliphatic rings. The number of alkyl halides is 3. The van der Waals surface area contributed by atoms with Gasteiger partial charge in [0.2, 0.25) is 0 Å². The van der Waals surface area contributed by atoms with Gasteiger partial charge in [-0.3, -0.25) is 14.2 Å². The highest BCUT2D eigenvalue weighted by molar-refractivity contribution is 7.99. The van der Waals surface area contributed by atoms with E-state index in [-0.39, 0.29) is 31.8 Å². The van der Waals surface area contributed by atoms with Gasteiger partial charge in [0, 0.05) is 29.0 Å². The van der Waals surface area contributed by atoms with Crippen molar-refractivity contribution in [2.45, 2.75) is 29.4 Å². The fraction of sp³-hybridized carbons (Fsp3) is 0.132. The van der Waals surface area contributed by atoms with Crippen molar-refractivity contribution in [1.82, 2.24) is 14.5 Å². The van der Waals surface area contributed by atoms with Gasteiger partial charge in [0.1, 0.15) is 29.0 Å². The molecule has 3 aromatic carbocycles. The highest BCUT2D eigenvalue weighted by atomic mass is 32.2. The third-order valence-corrected chi connectivity index (χ3v) is 9.93. The van der Waals surface area contributed by atoms with Crippen LogP contribution in [0.3, 0.4) is 0 Å². The Kier molecular flexibility index (Phi) is 9.77. The van der Waals surface area contributed by atoms with Crippen LogP contribution in [0.15, 0.2) is 133 Å². The highest BCUT2D eigenvalue weighted by Crippen LogP contribution is 2.38. The van der Waals surface area contributed by atoms with E-state index in [1.165, 1.54) is 24.9 Å². The maximum absolute atomic E-state index is 14.2. The molecule has 0 unspecified atom stereocenters. The first-order valence-electron chi connectivity index (χ1n) is 15.9. The number of carbonyl (C=O) groups is 1. The fourth-order valence-corrected chi connectivity index (χ4v) is 7.50. The number of furan rings is 1. The van der Waals surface area contributed by atoms with E-state index in [1.54, 1.807) is 91.9 Å². The smallest absolute Gasteiger partial charge is 0.433 e. The molecule has 0 fully saturated rings. The number of allylic oxidation sites excluding steroid dienone is 1. The molecule has 15 heteroatoms. The van der Waals surface area contributed by atoms with Crippen LogP contribution in [-0.2, 0) is 11.0 Å². The van der Waals surface area contributed by atoms with E-state index in [2.05, 4.69) is 20.3 Å². The first-order valence-corrected chi connectivity index (χ1v) is 17.6. The molecular weight excluding hydrogens is 728 g/mol. The zero-order valence-corrected chi connectivity index (χ0v) is 29.8. The molecule has 0 saturated carbocycles. The van der Waals surface area contributed by atoms with Gasteiger partial charge >= 0.3 is 6.18 Å². The lowest BCUT2D eigenvalue weighted by molar-refractivity contribution is -0.141. The van der Waals surface area contributed by atoms with Crippen LogP contribution in [0.1, 0.15) is 30.0 Å². The van der Waals surface area contributed by atoms with Gasteiger partial charge in [-0.25, -0.2) is 15.0 Å². The van der Waals surface area contributed by atoms with Gasteiger partial charge in [0.25, 0.3) is 11.5 Å². The first-order chi connectivity index (χ1) is 25.5. The van der Waals surface area contributed by atoms with E-state index in [9.17, 15) is 22.8 Å². The number of halogens is 3. The van der Waals surface area contributed by atoms with Crippen LogP contribution in [0.25, 0.3) is 17.3 Å². The molecule has 0 bridgehead atoms. The number of hydrogen-bond acceptors (Lipinski definition) is 10. The fourth-order valence-electron chi connectivity index (χ4n) is 5.73. The van der Waals surface area contributed by atoms with E-state index in [0.717, 1.165) is 29.2 Å². The normalized spacial score (nSPS) is 14.5. The molecule has 1 aliphatic heterocycles. The standard InChI is InChI=1S/C38H28F3N5O5S2/c1-21-32(34(47)43-23-12-8-5-9-13-23)33(26-16-14-24(49-2)18-28(26)50-3)46-35(48)29(52-37(46)42-21)19-25-15-17-31(51-25)53-36-44-27(22-10-6-4-7-11-22)20-30(45-36)38(39,40)41/h4-20,33H,1-3H3,(H,43,47)/b29-19+/t33-/m1/s1. The summed E-state index contributed by atoms with van der Waals surface area (Å²) in [6.07, 6.45) is -3.18. The Balaban J connectivity index is 1.27. The van der Waals surface area contributed by atoms with Gasteiger partial charge in [-0.1, -0.05) is 59.9 Å². The maximum Gasteiger partial charge on any atom is 0.433 e. The minimum absolute atomic E-state index is 0.110. The van der Waals surface area contributed by atoms with Crippen LogP contribution in [0.2, 0.25) is 0 Å². The predicted molar refractivity (Wildman–Crippen MR) is 194 cm³/mol. The third-order valence-electron chi connectivity index (χ3n) is 8.17. The summed E-state index contributed by atoms with van der Waals surface area (Å²) in [5, 5.41) is 2.96. The molecule has 1 N–H and O–H groups in total. The second-order valence-corrected chi connectivity index (χ2v) is 13.5. The zero-order chi connectivity index (χ0) is 37.3. The third kappa shape index (κ3) is 7.39. The predicted octanol–water partition coefficient (Wildman–Crippen LogP) is 7.11. The van der Waals surface area contributed by atoms with Gasteiger partial charge in [-0.2, -0.15) is 13.2 Å². The number of amides is 1. The number of nitrogens with zero attached hydrogens (tertiary/aromatic N) is 4. The van der Waals surface area contributed by atoms with Gasteiger partial charge in [-0.15, -0.1) is 0 Å². The molecule has 3 aromatic heterocycles. The number of carbonyl (C=O) groups excluding carboxylic acids is 1. The lowest BCUT2D eigenvalue weighted by atomic mass is 9.94. The minimum atomic E-state index is -4.70. The molecule has 0 spiro atoms. The van der Waals surface area contributed by atoms with Crippen LogP contribution < -0.4 is 29.7 Å². The number of nitrogens with one attached hydrogen (secondary N) is 1. The lowest BCUT2D eigenvalue weighted by Crippen LogP contribution is -2.40. The second kappa shape index (κ2) is 14.6. The second-order valence-electron chi connectivity index (χ2n) is 11.6. The largest absolute Gasteiger partial charge is 0.497 e. The Hall–Kier alpha value is -5.93. The van der Waals surface area contributed by atoms with Crippen molar-refractivity contribution in [3.8, 4) is 22.8 Å². The van der Waals surface area contributed by atoms with Gasteiger partial charge in [-0.05, 0) is 61.2 Å². The van der Waals surface area contributed by atoms with Crippen molar-refractivity contribution in [3.05, 3.63) is 145 Å². The summed E-state index contributed by atoms with van der Waals surface area (Å²) in [7, 11) is 3.01. The van der Waals surface area contributed by atoms with Crippen LogP contribution in [-0.4, -0.2) is 34.7 Å². The van der Waals surface area contributed by atoms with Crippen LogP contribution in [0.5, 0.6) is 11.5 Å². The molecular formula is C38H28F3N5O5S2. The Labute approximate surface area is 308 Å². The Morgan fingerprint density at radius 1 is 0.962 bits per heavy atom. The summed E-state index contributed by atoms with van der Waals surface area (Å²) in [5.74, 6) is 0.717. The summed E-state index contributed by atoms with van der Waals surface area (Å²) in [4.78, 5) is 41.3. The van der Waals surface area contributed by atoms with E-state index in [0.29, 0.717) is 38.8 Å². The average Bonchev–Trinajstić information content (AvgIpc) is 3.73. The number of anilines is 1. The summed E-state index contributed by atoms with van der Waals surface area (Å²) in [6.45, 7) is 1.70. The Bertz CT molecular complexity index is 2550. The summed E-state index contributed by atoms with van der Waals surface area (Å²) in [5.41, 5.74) is 0.809. The van der Waals surface area contributed by atoms with Crippen LogP contribution in [0, 0.1) is 0 Å². The van der Waals surface area contributed by atoms with Crippen LogP contribution in [0.4, 0.5) is 18.9 Å². The van der Waals surface area contributed by atoms with Crippen molar-refractivity contribution < 1.29 is 31.9 Å². The number of para-hydroxylation sites is 1. The molecule has 0 aliphatic carbocycles. The van der Waals surface area contributed by atoms with E-state index >= 15 is 0 Å². The molecule has 6 aromatic rings. The SMILES string of the molecule is COc1ccc([C@@H]2C(C(=O)Nc3ccccc3)=C(C)N=c3s/c(=C/c4ccc(Sc5nc(-c6ccccc6)cc(C(F)(F)F)n5)o4)c(=O)n32)c(OC)c1. The van der Waals surface area contributed by atoms with Gasteiger partial charge in [0.05, 0.1) is 35.7 Å². The molecule has 0 radical (unpaired) electrons. The molecule has 268 valence electrons.